The van der Waals surface area contributed by atoms with Gasteiger partial charge in [0.05, 0.1) is 13.1 Å². The summed E-state index contributed by atoms with van der Waals surface area (Å²) in [5.74, 6) is 2.20. The van der Waals surface area contributed by atoms with E-state index in [2.05, 4.69) is 31.0 Å². The van der Waals surface area contributed by atoms with Gasteiger partial charge in [-0.25, -0.2) is 9.67 Å². The Morgan fingerprint density at radius 1 is 1.32 bits per heavy atom. The van der Waals surface area contributed by atoms with E-state index in [9.17, 15) is 4.79 Å². The van der Waals surface area contributed by atoms with Gasteiger partial charge >= 0.3 is 0 Å². The Hall–Kier alpha value is -2.94. The van der Waals surface area contributed by atoms with Gasteiger partial charge in [0.1, 0.15) is 12.4 Å². The summed E-state index contributed by atoms with van der Waals surface area (Å²) < 4.78 is 7.01. The smallest absolute Gasteiger partial charge is 0.239 e. The number of aliphatic imine (C=N–C) groups is 1. The standard InChI is InChI=1S/C19H27N7O2/c1-20-19(22-11-18(27)21-10-14-6-4-3-5-7-14)23-15-8-9-17-24-16(13-28-2)25-26(17)12-15/h3-7,15H,8-13H2,1-2H3,(H,21,27)(H2,20,22,23). The highest BCUT2D eigenvalue weighted by Gasteiger charge is 2.22. The first-order valence-corrected chi connectivity index (χ1v) is 9.37. The van der Waals surface area contributed by atoms with Gasteiger partial charge in [-0.15, -0.1) is 0 Å². The van der Waals surface area contributed by atoms with Crippen LogP contribution in [0.25, 0.3) is 0 Å². The van der Waals surface area contributed by atoms with Crippen LogP contribution < -0.4 is 16.0 Å². The van der Waals surface area contributed by atoms with Gasteiger partial charge in [0, 0.05) is 33.2 Å². The van der Waals surface area contributed by atoms with E-state index in [-0.39, 0.29) is 18.5 Å². The zero-order valence-electron chi connectivity index (χ0n) is 16.3. The summed E-state index contributed by atoms with van der Waals surface area (Å²) in [6.45, 7) is 1.78. The molecule has 0 spiro atoms. The van der Waals surface area contributed by atoms with E-state index in [0.29, 0.717) is 31.5 Å². The fraction of sp³-hybridized carbons (Fsp3) is 0.474. The maximum absolute atomic E-state index is 12.1. The minimum absolute atomic E-state index is 0.0850. The van der Waals surface area contributed by atoms with Gasteiger partial charge in [-0.3, -0.25) is 9.79 Å². The number of ether oxygens (including phenoxy) is 1. The SMILES string of the molecule is CN=C(NCC(=O)NCc1ccccc1)NC1CCc2nc(COC)nn2C1. The maximum Gasteiger partial charge on any atom is 0.239 e. The first-order chi connectivity index (χ1) is 13.7. The van der Waals surface area contributed by atoms with Gasteiger partial charge in [0.2, 0.25) is 5.91 Å². The molecular formula is C19H27N7O2. The number of amides is 1. The number of nitrogens with zero attached hydrogens (tertiary/aromatic N) is 4. The number of guanidine groups is 1. The quantitative estimate of drug-likeness (QED) is 0.465. The Kier molecular flexibility index (Phi) is 6.96. The summed E-state index contributed by atoms with van der Waals surface area (Å²) in [7, 11) is 3.33. The third-order valence-corrected chi connectivity index (χ3v) is 4.49. The summed E-state index contributed by atoms with van der Waals surface area (Å²) in [6.07, 6.45) is 1.76. The zero-order chi connectivity index (χ0) is 19.8. The van der Waals surface area contributed by atoms with Gasteiger partial charge in [-0.2, -0.15) is 5.10 Å². The van der Waals surface area contributed by atoms with Gasteiger partial charge in [0.25, 0.3) is 0 Å². The predicted octanol–water partition coefficient (Wildman–Crippen LogP) is 0.221. The highest BCUT2D eigenvalue weighted by atomic mass is 16.5. The molecule has 3 N–H and O–H groups in total. The Balaban J connectivity index is 1.43. The lowest BCUT2D eigenvalue weighted by Crippen LogP contribution is -2.49. The van der Waals surface area contributed by atoms with Crippen molar-refractivity contribution in [2.75, 3.05) is 20.7 Å². The van der Waals surface area contributed by atoms with Crippen molar-refractivity contribution in [1.82, 2.24) is 30.7 Å². The Bertz CT molecular complexity index is 804. The van der Waals surface area contributed by atoms with Gasteiger partial charge in [0.15, 0.2) is 11.8 Å². The van der Waals surface area contributed by atoms with E-state index < -0.39 is 0 Å². The van der Waals surface area contributed by atoms with Crippen LogP contribution in [0.1, 0.15) is 23.6 Å². The second kappa shape index (κ2) is 9.84. The van der Waals surface area contributed by atoms with Crippen molar-refractivity contribution in [2.24, 2.45) is 4.99 Å². The second-order valence-electron chi connectivity index (χ2n) is 6.63. The van der Waals surface area contributed by atoms with Crippen LogP contribution in [0, 0.1) is 0 Å². The lowest BCUT2D eigenvalue weighted by Gasteiger charge is -2.25. The minimum Gasteiger partial charge on any atom is -0.377 e. The van der Waals surface area contributed by atoms with Crippen LogP contribution in [0.5, 0.6) is 0 Å². The third-order valence-electron chi connectivity index (χ3n) is 4.49. The Labute approximate surface area is 164 Å². The number of benzene rings is 1. The van der Waals surface area contributed by atoms with E-state index in [1.165, 1.54) is 0 Å². The largest absolute Gasteiger partial charge is 0.377 e. The number of aromatic nitrogens is 3. The van der Waals surface area contributed by atoms with Crippen LogP contribution in [-0.4, -0.2) is 53.4 Å². The van der Waals surface area contributed by atoms with Crippen molar-refractivity contribution in [2.45, 2.75) is 38.6 Å². The first kappa shape index (κ1) is 19.8. The molecular weight excluding hydrogens is 358 g/mol. The number of nitrogens with one attached hydrogen (secondary N) is 3. The van der Waals surface area contributed by atoms with Gasteiger partial charge < -0.3 is 20.7 Å². The number of carbonyl (C=O) groups is 1. The number of methoxy groups -OCH3 is 1. The van der Waals surface area contributed by atoms with Gasteiger partial charge in [-0.1, -0.05) is 30.3 Å². The lowest BCUT2D eigenvalue weighted by atomic mass is 10.1. The Morgan fingerprint density at radius 3 is 2.89 bits per heavy atom. The van der Waals surface area contributed by atoms with Crippen LogP contribution in [-0.2, 0) is 35.6 Å². The van der Waals surface area contributed by atoms with Crippen LogP contribution >= 0.6 is 0 Å². The molecule has 1 aromatic carbocycles. The average Bonchev–Trinajstić information content (AvgIpc) is 3.12. The van der Waals surface area contributed by atoms with Crippen LogP contribution in [0.3, 0.4) is 0 Å². The molecule has 1 unspecified atom stereocenters. The average molecular weight is 385 g/mol. The maximum atomic E-state index is 12.1. The topological polar surface area (TPSA) is 105 Å². The van der Waals surface area contributed by atoms with Crippen LogP contribution in [0.15, 0.2) is 35.3 Å². The molecule has 0 aliphatic carbocycles. The first-order valence-electron chi connectivity index (χ1n) is 9.37. The molecule has 0 radical (unpaired) electrons. The lowest BCUT2D eigenvalue weighted by molar-refractivity contribution is -0.120. The van der Waals surface area contributed by atoms with E-state index in [4.69, 9.17) is 4.74 Å². The predicted molar refractivity (Wildman–Crippen MR) is 106 cm³/mol. The summed E-state index contributed by atoms with van der Waals surface area (Å²) in [6, 6.07) is 9.99. The summed E-state index contributed by atoms with van der Waals surface area (Å²) in [5, 5.41) is 13.8. The molecule has 1 aliphatic rings. The normalized spacial score (nSPS) is 16.4. The number of rotatable bonds is 7. The van der Waals surface area contributed by atoms with Crippen molar-refractivity contribution in [3.05, 3.63) is 47.5 Å². The summed E-state index contributed by atoms with van der Waals surface area (Å²) in [4.78, 5) is 20.8. The molecule has 1 atom stereocenters. The van der Waals surface area contributed by atoms with Crippen molar-refractivity contribution in [1.29, 1.82) is 0 Å². The third kappa shape index (κ3) is 5.53. The number of hydrogen-bond donors (Lipinski definition) is 3. The van der Waals surface area contributed by atoms with Crippen LogP contribution in [0.2, 0.25) is 0 Å². The fourth-order valence-electron chi connectivity index (χ4n) is 3.08. The summed E-state index contributed by atoms with van der Waals surface area (Å²) >= 11 is 0. The molecule has 1 amide bonds. The molecule has 0 saturated heterocycles. The van der Waals surface area contributed by atoms with Crippen molar-refractivity contribution < 1.29 is 9.53 Å². The molecule has 0 bridgehead atoms. The zero-order valence-corrected chi connectivity index (χ0v) is 16.3. The molecule has 3 rings (SSSR count). The molecule has 150 valence electrons. The number of aryl methyl sites for hydroxylation is 1. The van der Waals surface area contributed by atoms with Gasteiger partial charge in [-0.05, 0) is 12.0 Å². The molecule has 28 heavy (non-hydrogen) atoms. The van der Waals surface area contributed by atoms with E-state index >= 15 is 0 Å². The molecule has 0 saturated carbocycles. The molecule has 9 heteroatoms. The molecule has 1 aliphatic heterocycles. The molecule has 9 nitrogen and oxygen atoms in total. The number of carbonyl (C=O) groups excluding carboxylic acids is 1. The number of hydrogen-bond acceptors (Lipinski definition) is 5. The van der Waals surface area contributed by atoms with E-state index in [1.807, 2.05) is 35.0 Å². The molecule has 2 heterocycles. The molecule has 0 fully saturated rings. The number of fused-ring (bicyclic) bond motifs is 1. The second-order valence-corrected chi connectivity index (χ2v) is 6.63. The minimum atomic E-state index is -0.0850. The van der Waals surface area contributed by atoms with E-state index in [0.717, 1.165) is 24.2 Å². The fourth-order valence-corrected chi connectivity index (χ4v) is 3.08. The molecule has 1 aromatic heterocycles. The van der Waals surface area contributed by atoms with E-state index in [1.54, 1.807) is 14.2 Å². The molecule has 2 aromatic rings. The monoisotopic (exact) mass is 385 g/mol. The van der Waals surface area contributed by atoms with Crippen LogP contribution in [0.4, 0.5) is 0 Å². The highest BCUT2D eigenvalue weighted by molar-refractivity contribution is 5.86. The highest BCUT2D eigenvalue weighted by Crippen LogP contribution is 2.13. The summed E-state index contributed by atoms with van der Waals surface area (Å²) in [5.41, 5.74) is 1.07. The Morgan fingerprint density at radius 2 is 2.14 bits per heavy atom. The van der Waals surface area contributed by atoms with Crippen molar-refractivity contribution in [3.63, 3.8) is 0 Å². The van der Waals surface area contributed by atoms with Crippen molar-refractivity contribution in [3.8, 4) is 0 Å². The van der Waals surface area contributed by atoms with Crippen molar-refractivity contribution >= 4 is 11.9 Å².